The highest BCUT2D eigenvalue weighted by molar-refractivity contribution is 5.45. The predicted molar refractivity (Wildman–Crippen MR) is 49.6 cm³/mol. The van der Waals surface area contributed by atoms with Crippen molar-refractivity contribution in [1.82, 2.24) is 0 Å². The zero-order valence-corrected chi connectivity index (χ0v) is 7.65. The van der Waals surface area contributed by atoms with Gasteiger partial charge in [-0.15, -0.1) is 0 Å². The van der Waals surface area contributed by atoms with E-state index in [4.69, 9.17) is 0 Å². The number of benzene rings is 1. The summed E-state index contributed by atoms with van der Waals surface area (Å²) in [7, 11) is 0. The van der Waals surface area contributed by atoms with Crippen LogP contribution in [0.4, 0.5) is 18.9 Å². The lowest BCUT2D eigenvalue weighted by molar-refractivity contribution is 0.497. The van der Waals surface area contributed by atoms with E-state index in [1.54, 1.807) is 19.1 Å². The fourth-order valence-corrected chi connectivity index (χ4v) is 0.971. The van der Waals surface area contributed by atoms with Crippen LogP contribution in [0.2, 0.25) is 0 Å². The zero-order valence-electron chi connectivity index (χ0n) is 7.65. The molecule has 1 nitrogen and oxygen atoms in total. The number of halogens is 3. The first-order valence-electron chi connectivity index (χ1n) is 4.14. The highest BCUT2D eigenvalue weighted by atomic mass is 19.2. The summed E-state index contributed by atoms with van der Waals surface area (Å²) in [5, 5.41) is 2.55. The summed E-state index contributed by atoms with van der Waals surface area (Å²) in [6, 6.07) is 1.43. The van der Waals surface area contributed by atoms with Crippen LogP contribution in [0, 0.1) is 17.5 Å². The number of rotatable bonds is 3. The first-order chi connectivity index (χ1) is 6.65. The quantitative estimate of drug-likeness (QED) is 0.585. The Morgan fingerprint density at radius 2 is 2.00 bits per heavy atom. The lowest BCUT2D eigenvalue weighted by Crippen LogP contribution is -2.02. The van der Waals surface area contributed by atoms with Gasteiger partial charge in [-0.05, 0) is 6.92 Å². The molecule has 0 atom stereocenters. The average molecular weight is 201 g/mol. The maximum atomic E-state index is 13.0. The van der Waals surface area contributed by atoms with Crippen molar-refractivity contribution in [3.63, 3.8) is 0 Å². The third kappa shape index (κ3) is 2.52. The first kappa shape index (κ1) is 10.6. The van der Waals surface area contributed by atoms with E-state index in [1.165, 1.54) is 0 Å². The monoisotopic (exact) mass is 201 g/mol. The van der Waals surface area contributed by atoms with Gasteiger partial charge in [0.05, 0.1) is 5.69 Å². The van der Waals surface area contributed by atoms with Gasteiger partial charge in [-0.3, -0.25) is 0 Å². The average Bonchev–Trinajstić information content (AvgIpc) is 2.13. The largest absolute Gasteiger partial charge is 0.379 e. The molecule has 0 saturated carbocycles. The Morgan fingerprint density at radius 3 is 2.64 bits per heavy atom. The van der Waals surface area contributed by atoms with Gasteiger partial charge in [0.25, 0.3) is 0 Å². The molecule has 0 heterocycles. The standard InChI is InChI=1S/C10H10F3N/c1-2-3-4-14-9-6-7(11)5-8(12)10(9)13/h2-3,5-6,14H,4H2,1H3/b3-2+. The topological polar surface area (TPSA) is 12.0 Å². The van der Waals surface area contributed by atoms with Gasteiger partial charge in [0.2, 0.25) is 0 Å². The molecule has 1 rings (SSSR count). The van der Waals surface area contributed by atoms with Crippen LogP contribution in [-0.2, 0) is 0 Å². The Kier molecular flexibility index (Phi) is 3.56. The van der Waals surface area contributed by atoms with Crippen molar-refractivity contribution in [1.29, 1.82) is 0 Å². The molecule has 0 aliphatic rings. The van der Waals surface area contributed by atoms with Crippen LogP contribution in [-0.4, -0.2) is 6.54 Å². The van der Waals surface area contributed by atoms with Gasteiger partial charge in [0, 0.05) is 18.7 Å². The number of anilines is 1. The molecule has 0 saturated heterocycles. The Hall–Kier alpha value is -1.45. The molecule has 14 heavy (non-hydrogen) atoms. The van der Waals surface area contributed by atoms with Crippen LogP contribution in [0.5, 0.6) is 0 Å². The van der Waals surface area contributed by atoms with E-state index >= 15 is 0 Å². The Balaban J connectivity index is 2.85. The van der Waals surface area contributed by atoms with Gasteiger partial charge >= 0.3 is 0 Å². The van der Waals surface area contributed by atoms with Crippen molar-refractivity contribution in [3.05, 3.63) is 41.7 Å². The maximum Gasteiger partial charge on any atom is 0.182 e. The minimum absolute atomic E-state index is 0.166. The normalized spacial score (nSPS) is 10.9. The van der Waals surface area contributed by atoms with E-state index in [0.29, 0.717) is 12.6 Å². The maximum absolute atomic E-state index is 13.0. The second-order valence-electron chi connectivity index (χ2n) is 2.70. The summed E-state index contributed by atoms with van der Waals surface area (Å²) in [5.41, 5.74) is -0.166. The van der Waals surface area contributed by atoms with Gasteiger partial charge in [-0.25, -0.2) is 13.2 Å². The second-order valence-corrected chi connectivity index (χ2v) is 2.70. The van der Waals surface area contributed by atoms with Gasteiger partial charge in [-0.2, -0.15) is 0 Å². The molecule has 4 heteroatoms. The highest BCUT2D eigenvalue weighted by Gasteiger charge is 2.09. The van der Waals surface area contributed by atoms with Crippen LogP contribution in [0.3, 0.4) is 0 Å². The number of allylic oxidation sites excluding steroid dienone is 1. The minimum atomic E-state index is -1.19. The lowest BCUT2D eigenvalue weighted by atomic mass is 10.3. The molecule has 0 fully saturated rings. The van der Waals surface area contributed by atoms with E-state index < -0.39 is 17.5 Å². The van der Waals surface area contributed by atoms with Crippen molar-refractivity contribution in [2.24, 2.45) is 0 Å². The SMILES string of the molecule is C/C=C/CNc1cc(F)cc(F)c1F. The van der Waals surface area contributed by atoms with Crippen molar-refractivity contribution < 1.29 is 13.2 Å². The zero-order chi connectivity index (χ0) is 10.6. The van der Waals surface area contributed by atoms with E-state index in [9.17, 15) is 13.2 Å². The predicted octanol–water partition coefficient (Wildman–Crippen LogP) is 3.09. The molecule has 0 radical (unpaired) electrons. The first-order valence-corrected chi connectivity index (χ1v) is 4.14. The number of nitrogens with one attached hydrogen (secondary N) is 1. The molecular weight excluding hydrogens is 191 g/mol. The van der Waals surface area contributed by atoms with Crippen LogP contribution >= 0.6 is 0 Å². The molecule has 0 aliphatic heterocycles. The van der Waals surface area contributed by atoms with Crippen molar-refractivity contribution in [2.45, 2.75) is 6.92 Å². The molecule has 1 aromatic rings. The minimum Gasteiger partial charge on any atom is -0.379 e. The second kappa shape index (κ2) is 4.69. The van der Waals surface area contributed by atoms with E-state index in [2.05, 4.69) is 5.32 Å². The summed E-state index contributed by atoms with van der Waals surface area (Å²) in [5.74, 6) is -3.05. The van der Waals surface area contributed by atoms with Crippen LogP contribution < -0.4 is 5.32 Å². The smallest absolute Gasteiger partial charge is 0.182 e. The van der Waals surface area contributed by atoms with E-state index in [1.807, 2.05) is 0 Å². The van der Waals surface area contributed by atoms with Gasteiger partial charge < -0.3 is 5.32 Å². The molecular formula is C10H10F3N. The fourth-order valence-electron chi connectivity index (χ4n) is 0.971. The highest BCUT2D eigenvalue weighted by Crippen LogP contribution is 2.18. The van der Waals surface area contributed by atoms with Crippen molar-refractivity contribution >= 4 is 5.69 Å². The summed E-state index contributed by atoms with van der Waals surface area (Å²) in [6.07, 6.45) is 3.46. The summed E-state index contributed by atoms with van der Waals surface area (Å²) >= 11 is 0. The van der Waals surface area contributed by atoms with Crippen molar-refractivity contribution in [2.75, 3.05) is 11.9 Å². The Labute approximate surface area is 80.2 Å². The third-order valence-electron chi connectivity index (χ3n) is 1.64. The molecule has 0 spiro atoms. The molecule has 1 N–H and O–H groups in total. The Morgan fingerprint density at radius 1 is 1.29 bits per heavy atom. The fraction of sp³-hybridized carbons (Fsp3) is 0.200. The van der Waals surface area contributed by atoms with Crippen molar-refractivity contribution in [3.8, 4) is 0 Å². The molecule has 0 unspecified atom stereocenters. The molecule has 0 aromatic heterocycles. The lowest BCUT2D eigenvalue weighted by Gasteiger charge is -2.05. The third-order valence-corrected chi connectivity index (χ3v) is 1.64. The summed E-state index contributed by atoms with van der Waals surface area (Å²) in [6.45, 7) is 2.13. The summed E-state index contributed by atoms with van der Waals surface area (Å²) in [4.78, 5) is 0. The van der Waals surface area contributed by atoms with E-state index in [0.717, 1.165) is 6.07 Å². The van der Waals surface area contributed by atoms with E-state index in [-0.39, 0.29) is 5.69 Å². The summed E-state index contributed by atoms with van der Waals surface area (Å²) < 4.78 is 38.3. The molecule has 76 valence electrons. The van der Waals surface area contributed by atoms with Gasteiger partial charge in [0.1, 0.15) is 5.82 Å². The van der Waals surface area contributed by atoms with Gasteiger partial charge in [0.15, 0.2) is 11.6 Å². The Bertz CT molecular complexity index is 347. The van der Waals surface area contributed by atoms with Gasteiger partial charge in [-0.1, -0.05) is 12.2 Å². The number of hydrogen-bond acceptors (Lipinski definition) is 1. The molecule has 0 bridgehead atoms. The van der Waals surface area contributed by atoms with Crippen LogP contribution in [0.25, 0.3) is 0 Å². The molecule has 0 amide bonds. The van der Waals surface area contributed by atoms with Crippen LogP contribution in [0.1, 0.15) is 6.92 Å². The van der Waals surface area contributed by atoms with Crippen LogP contribution in [0.15, 0.2) is 24.3 Å². The molecule has 1 aromatic carbocycles. The number of hydrogen-bond donors (Lipinski definition) is 1. The molecule has 0 aliphatic carbocycles.